The van der Waals surface area contributed by atoms with E-state index in [9.17, 15) is 28.1 Å². The zero-order valence-electron chi connectivity index (χ0n) is 16.1. The SMILES string of the molecule is CN(Cc1ccc2c(c1)OCCO2)c1cc(=O)c2cc(C(F)(F)F)cc([N+](=O)[O-])c2s1. The van der Waals surface area contributed by atoms with Crippen LogP contribution in [0.5, 0.6) is 11.5 Å². The van der Waals surface area contributed by atoms with Crippen molar-refractivity contribution in [2.45, 2.75) is 12.7 Å². The van der Waals surface area contributed by atoms with E-state index in [1.165, 1.54) is 6.07 Å². The van der Waals surface area contributed by atoms with Crippen LogP contribution in [-0.4, -0.2) is 25.2 Å². The molecule has 162 valence electrons. The Morgan fingerprint density at radius 2 is 1.84 bits per heavy atom. The molecule has 4 rings (SSSR count). The quantitative estimate of drug-likeness (QED) is 0.425. The van der Waals surface area contributed by atoms with E-state index in [0.29, 0.717) is 48.4 Å². The molecule has 0 atom stereocenters. The highest BCUT2D eigenvalue weighted by molar-refractivity contribution is 7.22. The molecular formula is C20H15F3N2O5S. The number of nitro benzene ring substituents is 1. The van der Waals surface area contributed by atoms with Crippen LogP contribution < -0.4 is 19.8 Å². The molecule has 0 spiro atoms. The van der Waals surface area contributed by atoms with Crippen LogP contribution in [0.15, 0.2) is 41.2 Å². The minimum absolute atomic E-state index is 0.102. The van der Waals surface area contributed by atoms with Crippen LogP contribution in [0.4, 0.5) is 23.9 Å². The molecule has 7 nitrogen and oxygen atoms in total. The van der Waals surface area contributed by atoms with Gasteiger partial charge in [0.05, 0.1) is 15.5 Å². The van der Waals surface area contributed by atoms with Crippen molar-refractivity contribution < 1.29 is 27.6 Å². The van der Waals surface area contributed by atoms with Gasteiger partial charge in [0.2, 0.25) is 0 Å². The first kappa shape index (κ1) is 20.9. The number of halogens is 3. The van der Waals surface area contributed by atoms with Crippen molar-refractivity contribution >= 4 is 32.1 Å². The van der Waals surface area contributed by atoms with E-state index in [2.05, 4.69) is 0 Å². The van der Waals surface area contributed by atoms with Crippen molar-refractivity contribution in [3.63, 3.8) is 0 Å². The number of anilines is 1. The second-order valence-electron chi connectivity index (χ2n) is 6.91. The third-order valence-corrected chi connectivity index (χ3v) is 5.99. The van der Waals surface area contributed by atoms with Crippen LogP contribution in [0.3, 0.4) is 0 Å². The lowest BCUT2D eigenvalue weighted by atomic mass is 10.1. The van der Waals surface area contributed by atoms with Gasteiger partial charge in [0.1, 0.15) is 17.9 Å². The fourth-order valence-corrected chi connectivity index (χ4v) is 4.36. The standard InChI is InChI=1S/C20H15F3N2O5S/c1-24(10-11-2-3-16-17(6-11)30-5-4-29-16)18-9-15(26)13-7-12(20(21,22)23)8-14(25(27)28)19(13)31-18/h2-3,6-9H,4-5,10H2,1H3. The maximum absolute atomic E-state index is 13.1. The number of nitro groups is 1. The number of benzene rings is 2. The van der Waals surface area contributed by atoms with Gasteiger partial charge in [0.15, 0.2) is 16.9 Å². The molecule has 31 heavy (non-hydrogen) atoms. The highest BCUT2D eigenvalue weighted by atomic mass is 32.1. The fourth-order valence-electron chi connectivity index (χ4n) is 3.25. The molecule has 0 aliphatic carbocycles. The maximum atomic E-state index is 13.1. The minimum Gasteiger partial charge on any atom is -0.486 e. The first-order valence-corrected chi connectivity index (χ1v) is 9.88. The lowest BCUT2D eigenvalue weighted by Gasteiger charge is -2.22. The second kappa shape index (κ2) is 7.73. The van der Waals surface area contributed by atoms with E-state index in [1.54, 1.807) is 24.1 Å². The number of rotatable bonds is 4. The highest BCUT2D eigenvalue weighted by Gasteiger charge is 2.34. The molecule has 11 heteroatoms. The zero-order chi connectivity index (χ0) is 22.3. The Hall–Kier alpha value is -3.34. The molecule has 0 saturated carbocycles. The molecule has 0 bridgehead atoms. The molecule has 1 aliphatic heterocycles. The monoisotopic (exact) mass is 452 g/mol. The number of non-ortho nitro benzene ring substituents is 1. The Labute approximate surface area is 177 Å². The van der Waals surface area contributed by atoms with Gasteiger partial charge in [0, 0.05) is 31.1 Å². The van der Waals surface area contributed by atoms with Crippen LogP contribution in [0.25, 0.3) is 10.1 Å². The summed E-state index contributed by atoms with van der Waals surface area (Å²) >= 11 is 0.892. The summed E-state index contributed by atoms with van der Waals surface area (Å²) in [5, 5.41) is 11.5. The number of alkyl halides is 3. The molecule has 0 N–H and O–H groups in total. The first-order chi connectivity index (χ1) is 14.6. The van der Waals surface area contributed by atoms with Gasteiger partial charge in [-0.3, -0.25) is 14.9 Å². The summed E-state index contributed by atoms with van der Waals surface area (Å²) in [6.45, 7) is 1.24. The van der Waals surface area contributed by atoms with E-state index in [1.807, 2.05) is 6.07 Å². The summed E-state index contributed by atoms with van der Waals surface area (Å²) in [6.07, 6.45) is -4.80. The summed E-state index contributed by atoms with van der Waals surface area (Å²) in [5.74, 6) is 1.23. The average Bonchev–Trinajstić information content (AvgIpc) is 2.72. The molecule has 0 saturated heterocycles. The number of nitrogens with zero attached hydrogens (tertiary/aromatic N) is 2. The van der Waals surface area contributed by atoms with Gasteiger partial charge in [-0.25, -0.2) is 0 Å². The van der Waals surface area contributed by atoms with Crippen molar-refractivity contribution in [1.82, 2.24) is 0 Å². The van der Waals surface area contributed by atoms with E-state index >= 15 is 0 Å². The number of hydrogen-bond donors (Lipinski definition) is 0. The molecule has 0 radical (unpaired) electrons. The van der Waals surface area contributed by atoms with E-state index < -0.39 is 27.8 Å². The van der Waals surface area contributed by atoms with Gasteiger partial charge in [-0.2, -0.15) is 13.2 Å². The highest BCUT2D eigenvalue weighted by Crippen LogP contribution is 2.39. The van der Waals surface area contributed by atoms with Crippen LogP contribution in [-0.2, 0) is 12.7 Å². The summed E-state index contributed by atoms with van der Waals surface area (Å²) in [5.41, 5.74) is -1.85. The summed E-state index contributed by atoms with van der Waals surface area (Å²) in [4.78, 5) is 24.8. The first-order valence-electron chi connectivity index (χ1n) is 9.06. The van der Waals surface area contributed by atoms with Gasteiger partial charge in [-0.05, 0) is 23.8 Å². The van der Waals surface area contributed by atoms with E-state index in [0.717, 1.165) is 16.9 Å². The zero-order valence-corrected chi connectivity index (χ0v) is 16.9. The van der Waals surface area contributed by atoms with Gasteiger partial charge in [-0.1, -0.05) is 6.07 Å². The Morgan fingerprint density at radius 3 is 2.52 bits per heavy atom. The molecule has 3 aromatic rings. The van der Waals surface area contributed by atoms with Crippen molar-refractivity contribution in [3.8, 4) is 11.5 Å². The summed E-state index contributed by atoms with van der Waals surface area (Å²) < 4.78 is 50.3. The largest absolute Gasteiger partial charge is 0.486 e. The van der Waals surface area contributed by atoms with Gasteiger partial charge >= 0.3 is 6.18 Å². The van der Waals surface area contributed by atoms with Crippen molar-refractivity contribution in [3.05, 3.63) is 67.9 Å². The minimum atomic E-state index is -4.80. The number of ether oxygens (including phenoxy) is 2. The second-order valence-corrected chi connectivity index (χ2v) is 7.94. The number of hydrogen-bond acceptors (Lipinski definition) is 7. The Kier molecular flexibility index (Phi) is 5.21. The van der Waals surface area contributed by atoms with E-state index in [-0.39, 0.29) is 10.1 Å². The summed E-state index contributed by atoms with van der Waals surface area (Å²) in [7, 11) is 1.68. The maximum Gasteiger partial charge on any atom is 0.416 e. The lowest BCUT2D eigenvalue weighted by Crippen LogP contribution is -2.19. The molecular weight excluding hydrogens is 437 g/mol. The Bertz CT molecular complexity index is 1240. The molecule has 2 heterocycles. The molecule has 0 fully saturated rings. The lowest BCUT2D eigenvalue weighted by molar-refractivity contribution is -0.383. The normalized spacial score (nSPS) is 13.3. The van der Waals surface area contributed by atoms with Crippen LogP contribution in [0, 0.1) is 10.1 Å². The predicted molar refractivity (Wildman–Crippen MR) is 109 cm³/mol. The average molecular weight is 452 g/mol. The van der Waals surface area contributed by atoms with Crippen molar-refractivity contribution in [2.75, 3.05) is 25.2 Å². The third kappa shape index (κ3) is 4.13. The van der Waals surface area contributed by atoms with Crippen LogP contribution >= 0.6 is 11.3 Å². The van der Waals surface area contributed by atoms with E-state index in [4.69, 9.17) is 9.47 Å². The van der Waals surface area contributed by atoms with Gasteiger partial charge in [-0.15, -0.1) is 11.3 Å². The molecule has 0 amide bonds. The smallest absolute Gasteiger partial charge is 0.416 e. The van der Waals surface area contributed by atoms with Gasteiger partial charge < -0.3 is 14.4 Å². The van der Waals surface area contributed by atoms with Crippen LogP contribution in [0.1, 0.15) is 11.1 Å². The topological polar surface area (TPSA) is 81.9 Å². The fraction of sp³-hybridized carbons (Fsp3) is 0.250. The van der Waals surface area contributed by atoms with Crippen molar-refractivity contribution in [2.24, 2.45) is 0 Å². The molecule has 0 unspecified atom stereocenters. The van der Waals surface area contributed by atoms with Crippen molar-refractivity contribution in [1.29, 1.82) is 0 Å². The van der Waals surface area contributed by atoms with Crippen LogP contribution in [0.2, 0.25) is 0 Å². The molecule has 2 aromatic carbocycles. The Balaban J connectivity index is 1.73. The molecule has 1 aliphatic rings. The molecule has 1 aromatic heterocycles. The third-order valence-electron chi connectivity index (χ3n) is 4.72. The predicted octanol–water partition coefficient (Wildman–Crippen LogP) is 4.60. The Morgan fingerprint density at radius 1 is 1.13 bits per heavy atom. The summed E-state index contributed by atoms with van der Waals surface area (Å²) in [6, 6.07) is 7.70. The number of fused-ring (bicyclic) bond motifs is 2. The van der Waals surface area contributed by atoms with Gasteiger partial charge in [0.25, 0.3) is 5.69 Å².